The van der Waals surface area contributed by atoms with Crippen LogP contribution in [0.5, 0.6) is 5.75 Å². The third kappa shape index (κ3) is 7.72. The average molecular weight is 501 g/mol. The van der Waals surface area contributed by atoms with E-state index >= 15 is 0 Å². The van der Waals surface area contributed by atoms with Crippen molar-refractivity contribution >= 4 is 55.1 Å². The Labute approximate surface area is 175 Å². The summed E-state index contributed by atoms with van der Waals surface area (Å²) < 4.78 is 7.14. The van der Waals surface area contributed by atoms with Crippen molar-refractivity contribution in [2.45, 2.75) is 12.8 Å². The molecule has 0 aliphatic heterocycles. The van der Waals surface area contributed by atoms with Crippen LogP contribution in [-0.2, 0) is 11.2 Å². The number of carbonyl (C=O) groups is 1. The van der Waals surface area contributed by atoms with Crippen LogP contribution in [0.4, 0.5) is 0 Å². The lowest BCUT2D eigenvalue weighted by Gasteiger charge is -2.12. The number of halogens is 2. The first kappa shape index (κ1) is 20.7. The van der Waals surface area contributed by atoms with Crippen LogP contribution in [-0.4, -0.2) is 24.2 Å². The molecule has 0 spiro atoms. The number of nitrogens with one attached hydrogen (secondary N) is 3. The second kappa shape index (κ2) is 11.2. The Morgan fingerprint density at radius 3 is 2.58 bits per heavy atom. The zero-order valence-electron chi connectivity index (χ0n) is 13.9. The van der Waals surface area contributed by atoms with Crippen molar-refractivity contribution in [3.05, 3.63) is 63.0 Å². The Balaban J connectivity index is 1.58. The highest BCUT2D eigenvalue weighted by atomic mass is 79.9. The number of thiocarbonyl (C=S) groups is 1. The van der Waals surface area contributed by atoms with E-state index < -0.39 is 0 Å². The van der Waals surface area contributed by atoms with Gasteiger partial charge in [-0.15, -0.1) is 0 Å². The van der Waals surface area contributed by atoms with Gasteiger partial charge in [-0.2, -0.15) is 0 Å². The lowest BCUT2D eigenvalue weighted by Crippen LogP contribution is -2.48. The lowest BCUT2D eigenvalue weighted by molar-refractivity contribution is -0.123. The summed E-state index contributed by atoms with van der Waals surface area (Å²) in [4.78, 5) is 11.8. The first-order valence-corrected chi connectivity index (χ1v) is 9.98. The fourth-order valence-corrected chi connectivity index (χ4v) is 3.40. The van der Waals surface area contributed by atoms with E-state index in [1.807, 2.05) is 30.3 Å². The first-order valence-electron chi connectivity index (χ1n) is 7.99. The molecule has 2 rings (SSSR count). The highest BCUT2D eigenvalue weighted by Crippen LogP contribution is 2.27. The molecule has 0 bridgehead atoms. The van der Waals surface area contributed by atoms with Crippen LogP contribution >= 0.6 is 44.1 Å². The molecule has 1 amide bonds. The minimum absolute atomic E-state index is 0.121. The summed E-state index contributed by atoms with van der Waals surface area (Å²) in [6.07, 6.45) is 1.92. The van der Waals surface area contributed by atoms with E-state index in [2.05, 4.69) is 60.2 Å². The number of amides is 1. The van der Waals surface area contributed by atoms with Gasteiger partial charge in [-0.3, -0.25) is 15.6 Å². The van der Waals surface area contributed by atoms with Gasteiger partial charge < -0.3 is 10.1 Å². The van der Waals surface area contributed by atoms with Crippen LogP contribution < -0.4 is 20.9 Å². The molecule has 0 aliphatic carbocycles. The van der Waals surface area contributed by atoms with Crippen molar-refractivity contribution in [2.75, 3.05) is 13.2 Å². The molecule has 0 atom stereocenters. The van der Waals surface area contributed by atoms with Gasteiger partial charge in [0, 0.05) is 11.0 Å². The fourth-order valence-electron chi connectivity index (χ4n) is 2.08. The topological polar surface area (TPSA) is 62.4 Å². The van der Waals surface area contributed by atoms with Crippen molar-refractivity contribution in [3.8, 4) is 5.75 Å². The van der Waals surface area contributed by atoms with Crippen LogP contribution in [0.25, 0.3) is 0 Å². The Morgan fingerprint density at radius 2 is 1.85 bits per heavy atom. The number of carbonyl (C=O) groups excluding carboxylic acids is 1. The third-order valence-electron chi connectivity index (χ3n) is 3.34. The highest BCUT2D eigenvalue weighted by molar-refractivity contribution is 9.11. The monoisotopic (exact) mass is 499 g/mol. The summed E-state index contributed by atoms with van der Waals surface area (Å²) in [5.41, 5.74) is 6.45. The van der Waals surface area contributed by atoms with Crippen molar-refractivity contribution in [3.63, 3.8) is 0 Å². The van der Waals surface area contributed by atoms with Gasteiger partial charge in [0.2, 0.25) is 0 Å². The molecule has 26 heavy (non-hydrogen) atoms. The zero-order valence-corrected chi connectivity index (χ0v) is 17.9. The third-order valence-corrected chi connectivity index (χ3v) is 4.70. The number of hydrazine groups is 1. The maximum atomic E-state index is 11.8. The minimum atomic E-state index is -0.326. The number of rotatable bonds is 7. The molecule has 0 radical (unpaired) electrons. The molecule has 0 aromatic heterocycles. The normalized spacial score (nSPS) is 10.1. The van der Waals surface area contributed by atoms with E-state index in [9.17, 15) is 4.79 Å². The number of ether oxygens (including phenoxy) is 1. The molecule has 2 aromatic carbocycles. The SMILES string of the molecule is O=C(COc1ccc(Br)cc1Br)NNC(=S)NCCCc1ccccc1. The van der Waals surface area contributed by atoms with Crippen LogP contribution in [0.2, 0.25) is 0 Å². The number of aryl methyl sites for hydroxylation is 1. The van der Waals surface area contributed by atoms with E-state index in [-0.39, 0.29) is 12.5 Å². The van der Waals surface area contributed by atoms with E-state index in [0.717, 1.165) is 28.3 Å². The predicted molar refractivity (Wildman–Crippen MR) is 114 cm³/mol. The van der Waals surface area contributed by atoms with E-state index in [1.165, 1.54) is 5.56 Å². The van der Waals surface area contributed by atoms with Gasteiger partial charge in [0.05, 0.1) is 4.47 Å². The van der Waals surface area contributed by atoms with Crippen LogP contribution in [0.15, 0.2) is 57.5 Å². The molecule has 0 aliphatic rings. The van der Waals surface area contributed by atoms with Crippen LogP contribution in [0, 0.1) is 0 Å². The molecule has 8 heteroatoms. The maximum Gasteiger partial charge on any atom is 0.276 e. The largest absolute Gasteiger partial charge is 0.483 e. The lowest BCUT2D eigenvalue weighted by atomic mass is 10.1. The number of hydrogen-bond donors (Lipinski definition) is 3. The summed E-state index contributed by atoms with van der Waals surface area (Å²) in [6, 6.07) is 15.7. The standard InChI is InChI=1S/C18H19Br2N3O2S/c19-14-8-9-16(15(20)11-14)25-12-17(24)22-23-18(26)21-10-4-7-13-5-2-1-3-6-13/h1-3,5-6,8-9,11H,4,7,10,12H2,(H,22,24)(H2,21,23,26). The Kier molecular flexibility index (Phi) is 8.87. The smallest absolute Gasteiger partial charge is 0.276 e. The van der Waals surface area contributed by atoms with Gasteiger partial charge in [-0.1, -0.05) is 46.3 Å². The van der Waals surface area contributed by atoms with Gasteiger partial charge in [0.1, 0.15) is 5.75 Å². The number of hydrogen-bond acceptors (Lipinski definition) is 3. The molecule has 5 nitrogen and oxygen atoms in total. The fraction of sp³-hybridized carbons (Fsp3) is 0.222. The second-order valence-electron chi connectivity index (χ2n) is 5.38. The molecular formula is C18H19Br2N3O2S. The molecule has 0 saturated heterocycles. The molecule has 0 saturated carbocycles. The van der Waals surface area contributed by atoms with Gasteiger partial charge in [0.25, 0.3) is 5.91 Å². The molecule has 138 valence electrons. The van der Waals surface area contributed by atoms with Gasteiger partial charge in [0.15, 0.2) is 11.7 Å². The summed E-state index contributed by atoms with van der Waals surface area (Å²) >= 11 is 11.9. The van der Waals surface area contributed by atoms with Gasteiger partial charge in [-0.05, 0) is 64.8 Å². The highest BCUT2D eigenvalue weighted by Gasteiger charge is 2.06. The molecule has 0 heterocycles. The Morgan fingerprint density at radius 1 is 1.08 bits per heavy atom. The quantitative estimate of drug-likeness (QED) is 0.307. The summed E-state index contributed by atoms with van der Waals surface area (Å²) in [5, 5.41) is 3.42. The predicted octanol–water partition coefficient (Wildman–Crippen LogP) is 3.72. The van der Waals surface area contributed by atoms with Crippen LogP contribution in [0.3, 0.4) is 0 Å². The Bertz CT molecular complexity index is 744. The Hall–Kier alpha value is -1.64. The molecule has 0 fully saturated rings. The summed E-state index contributed by atoms with van der Waals surface area (Å²) in [6.45, 7) is 0.600. The number of benzene rings is 2. The molecule has 0 unspecified atom stereocenters. The first-order chi connectivity index (χ1) is 12.5. The van der Waals surface area contributed by atoms with Crippen molar-refractivity contribution < 1.29 is 9.53 Å². The second-order valence-corrected chi connectivity index (χ2v) is 7.56. The molecular weight excluding hydrogens is 482 g/mol. The van der Waals surface area contributed by atoms with Crippen LogP contribution in [0.1, 0.15) is 12.0 Å². The van der Waals surface area contributed by atoms with Gasteiger partial charge in [-0.25, -0.2) is 0 Å². The van der Waals surface area contributed by atoms with Gasteiger partial charge >= 0.3 is 0 Å². The van der Waals surface area contributed by atoms with E-state index in [1.54, 1.807) is 6.07 Å². The maximum absolute atomic E-state index is 11.8. The summed E-state index contributed by atoms with van der Waals surface area (Å²) in [5.74, 6) is 0.262. The molecule has 2 aromatic rings. The van der Waals surface area contributed by atoms with Crippen molar-refractivity contribution in [1.29, 1.82) is 0 Å². The minimum Gasteiger partial charge on any atom is -0.483 e. The van der Waals surface area contributed by atoms with E-state index in [0.29, 0.717) is 10.9 Å². The zero-order chi connectivity index (χ0) is 18.8. The average Bonchev–Trinajstić information content (AvgIpc) is 2.63. The van der Waals surface area contributed by atoms with Crippen molar-refractivity contribution in [1.82, 2.24) is 16.2 Å². The molecule has 3 N–H and O–H groups in total. The summed E-state index contributed by atoms with van der Waals surface area (Å²) in [7, 11) is 0. The van der Waals surface area contributed by atoms with Crippen molar-refractivity contribution in [2.24, 2.45) is 0 Å². The van der Waals surface area contributed by atoms with E-state index in [4.69, 9.17) is 17.0 Å².